The third kappa shape index (κ3) is 3.27. The maximum absolute atomic E-state index is 12.8. The van der Waals surface area contributed by atoms with Crippen molar-refractivity contribution in [3.8, 4) is 0 Å². The maximum atomic E-state index is 12.8. The number of amides is 1. The highest BCUT2D eigenvalue weighted by Crippen LogP contribution is 2.25. The van der Waals surface area contributed by atoms with Crippen LogP contribution in [0, 0.1) is 6.92 Å². The minimum Gasteiger partial charge on any atom is -0.367 e. The van der Waals surface area contributed by atoms with Crippen LogP contribution >= 0.6 is 0 Å². The summed E-state index contributed by atoms with van der Waals surface area (Å²) < 4.78 is 0. The summed E-state index contributed by atoms with van der Waals surface area (Å²) in [5, 5.41) is 4.13. The van der Waals surface area contributed by atoms with Crippen LogP contribution in [0.15, 0.2) is 60.7 Å². The van der Waals surface area contributed by atoms with Gasteiger partial charge in [0.1, 0.15) is 0 Å². The first-order chi connectivity index (χ1) is 12.7. The fraction of sp³-hybridized carbons (Fsp3) is 0.273. The molecule has 0 spiro atoms. The fourth-order valence-corrected chi connectivity index (χ4v) is 3.74. The molecule has 1 aliphatic rings. The number of aryl methyl sites for hydroxylation is 1. The Morgan fingerprint density at radius 1 is 1.12 bits per heavy atom. The average molecular weight is 345 g/mol. The topological polar surface area (TPSA) is 45.2 Å². The first-order valence-corrected chi connectivity index (χ1v) is 9.18. The zero-order chi connectivity index (χ0) is 17.9. The monoisotopic (exact) mass is 345 g/mol. The summed E-state index contributed by atoms with van der Waals surface area (Å²) >= 11 is 0. The highest BCUT2D eigenvalue weighted by atomic mass is 16.1. The van der Waals surface area contributed by atoms with Crippen molar-refractivity contribution in [1.82, 2.24) is 10.3 Å². The SMILES string of the molecule is Cc1ccc2cccc(C(=O)NC[C@H]3CCCN3c3ccccc3)c2n1. The van der Waals surface area contributed by atoms with Crippen LogP contribution in [0.2, 0.25) is 0 Å². The van der Waals surface area contributed by atoms with E-state index in [0.29, 0.717) is 18.2 Å². The van der Waals surface area contributed by atoms with Crippen LogP contribution in [-0.4, -0.2) is 30.0 Å². The molecule has 4 nitrogen and oxygen atoms in total. The molecule has 1 aliphatic heterocycles. The molecule has 0 unspecified atom stereocenters. The second kappa shape index (κ2) is 7.16. The molecular weight excluding hydrogens is 322 g/mol. The van der Waals surface area contributed by atoms with E-state index in [1.54, 1.807) is 0 Å². The molecule has 0 bridgehead atoms. The Bertz CT molecular complexity index is 923. The number of para-hydroxylation sites is 2. The first-order valence-electron chi connectivity index (χ1n) is 9.18. The van der Waals surface area contributed by atoms with E-state index >= 15 is 0 Å². The number of carbonyl (C=O) groups is 1. The van der Waals surface area contributed by atoms with Crippen LogP contribution in [0.4, 0.5) is 5.69 Å². The highest BCUT2D eigenvalue weighted by molar-refractivity contribution is 6.05. The van der Waals surface area contributed by atoms with E-state index in [4.69, 9.17) is 0 Å². The van der Waals surface area contributed by atoms with E-state index in [9.17, 15) is 4.79 Å². The number of hydrogen-bond donors (Lipinski definition) is 1. The van der Waals surface area contributed by atoms with Gasteiger partial charge in [0.05, 0.1) is 11.1 Å². The van der Waals surface area contributed by atoms with Gasteiger partial charge in [-0.2, -0.15) is 0 Å². The van der Waals surface area contributed by atoms with Gasteiger partial charge >= 0.3 is 0 Å². The van der Waals surface area contributed by atoms with Gasteiger partial charge in [-0.05, 0) is 44.0 Å². The lowest BCUT2D eigenvalue weighted by Crippen LogP contribution is -2.40. The molecular formula is C22H23N3O. The lowest BCUT2D eigenvalue weighted by atomic mass is 10.1. The number of rotatable bonds is 4. The predicted octanol–water partition coefficient (Wildman–Crippen LogP) is 3.94. The van der Waals surface area contributed by atoms with Crippen LogP contribution in [0.25, 0.3) is 10.9 Å². The number of benzene rings is 2. The number of aromatic nitrogens is 1. The molecule has 2 heterocycles. The van der Waals surface area contributed by atoms with E-state index in [2.05, 4.69) is 39.5 Å². The van der Waals surface area contributed by atoms with Crippen molar-refractivity contribution in [2.24, 2.45) is 0 Å². The minimum atomic E-state index is -0.0476. The minimum absolute atomic E-state index is 0.0476. The van der Waals surface area contributed by atoms with E-state index in [1.807, 2.05) is 43.3 Å². The van der Waals surface area contributed by atoms with Gasteiger partial charge in [-0.3, -0.25) is 9.78 Å². The number of hydrogen-bond acceptors (Lipinski definition) is 3. The molecule has 1 saturated heterocycles. The summed E-state index contributed by atoms with van der Waals surface area (Å²) in [4.78, 5) is 19.8. The Morgan fingerprint density at radius 2 is 1.96 bits per heavy atom. The smallest absolute Gasteiger partial charge is 0.253 e. The first kappa shape index (κ1) is 16.6. The Balaban J connectivity index is 1.50. The van der Waals surface area contributed by atoms with E-state index in [0.717, 1.165) is 36.0 Å². The van der Waals surface area contributed by atoms with Crippen LogP contribution < -0.4 is 10.2 Å². The summed E-state index contributed by atoms with van der Waals surface area (Å²) in [6, 6.07) is 20.5. The molecule has 26 heavy (non-hydrogen) atoms. The molecule has 1 aromatic heterocycles. The van der Waals surface area contributed by atoms with E-state index in [-0.39, 0.29) is 5.91 Å². The highest BCUT2D eigenvalue weighted by Gasteiger charge is 2.25. The quantitative estimate of drug-likeness (QED) is 0.779. The van der Waals surface area contributed by atoms with Crippen molar-refractivity contribution in [1.29, 1.82) is 0 Å². The molecule has 0 saturated carbocycles. The lowest BCUT2D eigenvalue weighted by Gasteiger charge is -2.27. The Hall–Kier alpha value is -2.88. The van der Waals surface area contributed by atoms with Crippen molar-refractivity contribution in [3.63, 3.8) is 0 Å². The molecule has 1 amide bonds. The van der Waals surface area contributed by atoms with Crippen molar-refractivity contribution >= 4 is 22.5 Å². The number of pyridine rings is 1. The van der Waals surface area contributed by atoms with Crippen molar-refractivity contribution in [2.45, 2.75) is 25.8 Å². The van der Waals surface area contributed by atoms with Crippen molar-refractivity contribution in [2.75, 3.05) is 18.0 Å². The summed E-state index contributed by atoms with van der Waals surface area (Å²) in [5.74, 6) is -0.0476. The summed E-state index contributed by atoms with van der Waals surface area (Å²) in [6.45, 7) is 3.64. The second-order valence-electron chi connectivity index (χ2n) is 6.86. The van der Waals surface area contributed by atoms with Crippen LogP contribution in [-0.2, 0) is 0 Å². The molecule has 1 atom stereocenters. The molecule has 3 aromatic rings. The fourth-order valence-electron chi connectivity index (χ4n) is 3.74. The van der Waals surface area contributed by atoms with E-state index < -0.39 is 0 Å². The third-order valence-corrected chi connectivity index (χ3v) is 5.07. The van der Waals surface area contributed by atoms with Crippen LogP contribution in [0.5, 0.6) is 0 Å². The largest absolute Gasteiger partial charge is 0.367 e. The van der Waals surface area contributed by atoms with Crippen LogP contribution in [0.1, 0.15) is 28.9 Å². The average Bonchev–Trinajstić information content (AvgIpc) is 3.15. The molecule has 0 radical (unpaired) electrons. The molecule has 0 aliphatic carbocycles. The number of anilines is 1. The Morgan fingerprint density at radius 3 is 2.81 bits per heavy atom. The number of nitrogens with zero attached hydrogens (tertiary/aromatic N) is 2. The zero-order valence-corrected chi connectivity index (χ0v) is 15.0. The van der Waals surface area contributed by atoms with Gasteiger partial charge in [-0.1, -0.05) is 36.4 Å². The molecule has 4 rings (SSSR count). The lowest BCUT2D eigenvalue weighted by molar-refractivity contribution is 0.0953. The Labute approximate surface area is 153 Å². The van der Waals surface area contributed by atoms with E-state index in [1.165, 1.54) is 5.69 Å². The number of carbonyl (C=O) groups excluding carboxylic acids is 1. The van der Waals surface area contributed by atoms with Gasteiger partial charge in [-0.15, -0.1) is 0 Å². The summed E-state index contributed by atoms with van der Waals surface area (Å²) in [5.41, 5.74) is 3.57. The number of fused-ring (bicyclic) bond motifs is 1. The molecule has 132 valence electrons. The Kier molecular flexibility index (Phi) is 4.57. The van der Waals surface area contributed by atoms with Gasteiger partial charge in [0.15, 0.2) is 0 Å². The molecule has 1 N–H and O–H groups in total. The third-order valence-electron chi connectivity index (χ3n) is 5.07. The number of nitrogens with one attached hydrogen (secondary N) is 1. The van der Waals surface area contributed by atoms with Gasteiger partial charge in [0.2, 0.25) is 0 Å². The molecule has 2 aromatic carbocycles. The summed E-state index contributed by atoms with van der Waals surface area (Å²) in [7, 11) is 0. The van der Waals surface area contributed by atoms with Gasteiger partial charge in [0, 0.05) is 35.9 Å². The summed E-state index contributed by atoms with van der Waals surface area (Å²) in [6.07, 6.45) is 2.26. The molecule has 4 heteroatoms. The van der Waals surface area contributed by atoms with Crippen molar-refractivity contribution in [3.05, 3.63) is 71.9 Å². The maximum Gasteiger partial charge on any atom is 0.253 e. The van der Waals surface area contributed by atoms with Gasteiger partial charge < -0.3 is 10.2 Å². The van der Waals surface area contributed by atoms with Gasteiger partial charge in [0.25, 0.3) is 5.91 Å². The predicted molar refractivity (Wildman–Crippen MR) is 106 cm³/mol. The normalized spacial score (nSPS) is 16.8. The molecule has 1 fully saturated rings. The van der Waals surface area contributed by atoms with Gasteiger partial charge in [-0.25, -0.2) is 0 Å². The van der Waals surface area contributed by atoms with Crippen molar-refractivity contribution < 1.29 is 4.79 Å². The zero-order valence-electron chi connectivity index (χ0n) is 15.0. The standard InChI is InChI=1S/C22H23N3O/c1-16-12-13-17-7-5-11-20(21(17)24-16)22(26)23-15-19-10-6-14-25(19)18-8-3-2-4-9-18/h2-5,7-9,11-13,19H,6,10,14-15H2,1H3,(H,23,26)/t19-/m1/s1. The van der Waals surface area contributed by atoms with Crippen LogP contribution in [0.3, 0.4) is 0 Å². The second-order valence-corrected chi connectivity index (χ2v) is 6.86.